The molecule has 7 atom stereocenters. The van der Waals surface area contributed by atoms with E-state index in [-0.39, 0.29) is 18.7 Å². The van der Waals surface area contributed by atoms with Gasteiger partial charge >= 0.3 is 33.3 Å². The zero-order valence-corrected chi connectivity index (χ0v) is 45.7. The van der Waals surface area contributed by atoms with Crippen molar-refractivity contribution in [2.24, 2.45) is 11.8 Å². The minimum absolute atomic E-state index is 0.0573. The molecule has 0 amide bonds. The first-order chi connectivity index (χ1) is 33.9. The van der Waals surface area contributed by atoms with Gasteiger partial charge in [-0.3, -0.25) is 23.2 Å². The van der Waals surface area contributed by atoms with Gasteiger partial charge in [-0.05, 0) is 30.7 Å². The van der Waals surface area contributed by atoms with E-state index in [2.05, 4.69) is 37.0 Å². The summed E-state index contributed by atoms with van der Waals surface area (Å²) in [5, 5.41) is 20.9. The number of nitrogens with zero attached hydrogens (tertiary/aromatic N) is 2. The summed E-state index contributed by atoms with van der Waals surface area (Å²) in [5.74, 6) is 0.283. The van der Waals surface area contributed by atoms with Crippen LogP contribution >= 0.6 is 15.6 Å². The van der Waals surface area contributed by atoms with Gasteiger partial charge in [-0.1, -0.05) is 201 Å². The summed E-state index contributed by atoms with van der Waals surface area (Å²) < 4.78 is 56.9. The van der Waals surface area contributed by atoms with Gasteiger partial charge in [0.1, 0.15) is 30.7 Å². The summed E-state index contributed by atoms with van der Waals surface area (Å²) >= 11 is 0. The summed E-state index contributed by atoms with van der Waals surface area (Å²) in [6.45, 7) is 6.81. The molecule has 2 rings (SSSR count). The number of aliphatic hydroxyl groups is 2. The number of phosphoric acid groups is 2. The van der Waals surface area contributed by atoms with E-state index in [0.29, 0.717) is 12.8 Å². The molecule has 0 aliphatic carbocycles. The highest BCUT2D eigenvalue weighted by Gasteiger charge is 2.46. The number of phosphoric ester groups is 2. The van der Waals surface area contributed by atoms with Gasteiger partial charge in [0.05, 0.1) is 13.2 Å². The van der Waals surface area contributed by atoms with Crippen molar-refractivity contribution in [1.82, 2.24) is 9.55 Å². The molecule has 0 aromatic carbocycles. The molecule has 1 aromatic heterocycles. The van der Waals surface area contributed by atoms with Crippen molar-refractivity contribution in [1.29, 1.82) is 0 Å². The highest BCUT2D eigenvalue weighted by atomic mass is 31.3. The topological polar surface area (TPSA) is 265 Å². The zero-order valence-electron chi connectivity index (χ0n) is 43.9. The smallest absolute Gasteiger partial charge is 0.462 e. The average Bonchev–Trinajstić information content (AvgIpc) is 3.58. The second kappa shape index (κ2) is 38.3. The van der Waals surface area contributed by atoms with Crippen LogP contribution in [0.25, 0.3) is 0 Å². The molecule has 0 bridgehead atoms. The van der Waals surface area contributed by atoms with Crippen molar-refractivity contribution in [3.63, 3.8) is 0 Å². The molecule has 1 aliphatic rings. The average molecular weight is 1050 g/mol. The van der Waals surface area contributed by atoms with E-state index < -0.39 is 83.7 Å². The first-order valence-corrected chi connectivity index (χ1v) is 30.3. The summed E-state index contributed by atoms with van der Waals surface area (Å²) in [6.07, 6.45) is 27.7. The third-order valence-electron chi connectivity index (χ3n) is 12.8. The number of nitrogen functional groups attached to an aromatic ring is 1. The molecule has 0 saturated carbocycles. The Kier molecular flexibility index (Phi) is 35.0. The highest BCUT2D eigenvalue weighted by Crippen LogP contribution is 2.60. The van der Waals surface area contributed by atoms with E-state index >= 15 is 0 Å². The minimum atomic E-state index is -5.42. The summed E-state index contributed by atoms with van der Waals surface area (Å²) in [6, 6.07) is 1.25. The summed E-state index contributed by atoms with van der Waals surface area (Å²) in [5.41, 5.74) is 4.60. The molecule has 1 aromatic rings. The first kappa shape index (κ1) is 64.9. The number of rotatable bonds is 45. The van der Waals surface area contributed by atoms with Crippen molar-refractivity contribution >= 4 is 33.4 Å². The Labute approximate surface area is 425 Å². The molecule has 1 saturated heterocycles. The molecule has 414 valence electrons. The summed E-state index contributed by atoms with van der Waals surface area (Å²) in [7, 11) is -10.8. The number of esters is 2. The predicted molar refractivity (Wildman–Crippen MR) is 275 cm³/mol. The molecule has 6 N–H and O–H groups in total. The van der Waals surface area contributed by atoms with Gasteiger partial charge in [-0.2, -0.15) is 9.29 Å². The Balaban J connectivity index is 1.74. The second-order valence-corrected chi connectivity index (χ2v) is 23.4. The van der Waals surface area contributed by atoms with Gasteiger partial charge in [-0.15, -0.1) is 0 Å². The zero-order chi connectivity index (χ0) is 52.3. The van der Waals surface area contributed by atoms with Crippen LogP contribution in [0.3, 0.4) is 0 Å². The van der Waals surface area contributed by atoms with Crippen molar-refractivity contribution in [2.45, 2.75) is 257 Å². The fourth-order valence-corrected chi connectivity index (χ4v) is 10.7. The van der Waals surface area contributed by atoms with Crippen molar-refractivity contribution in [3.8, 4) is 0 Å². The summed E-state index contributed by atoms with van der Waals surface area (Å²) in [4.78, 5) is 62.0. The quantitative estimate of drug-likeness (QED) is 0.0231. The van der Waals surface area contributed by atoms with E-state index in [1.807, 2.05) is 0 Å². The van der Waals surface area contributed by atoms with Gasteiger partial charge in [0.25, 0.3) is 0 Å². The third kappa shape index (κ3) is 32.6. The van der Waals surface area contributed by atoms with Crippen LogP contribution in [0.2, 0.25) is 0 Å². The molecular weight excluding hydrogens is 957 g/mol. The van der Waals surface area contributed by atoms with Crippen LogP contribution < -0.4 is 11.4 Å². The van der Waals surface area contributed by atoms with Gasteiger partial charge in [0, 0.05) is 19.0 Å². The third-order valence-corrected chi connectivity index (χ3v) is 15.4. The lowest BCUT2D eigenvalue weighted by Gasteiger charge is -2.21. The monoisotopic (exact) mass is 1050 g/mol. The number of anilines is 1. The van der Waals surface area contributed by atoms with Gasteiger partial charge in [0.2, 0.25) is 0 Å². The van der Waals surface area contributed by atoms with E-state index in [9.17, 15) is 43.5 Å². The molecule has 3 unspecified atom stereocenters. The standard InChI is InChI=1S/C51H95N3O15P2/c1-41(2)32-28-24-20-16-13-11-9-7-5-6-8-10-12-14-18-23-27-31-35-47(56)67-43(38-64-46(55)34-30-26-22-19-15-17-21-25-29-33-42(3)4)39-65-70(60,61)69-71(62,63)66-40-44-48(57)49(58)50(68-44)54-37-36-45(52)53-51(54)59/h36-37,41-44,48-50,57-58H,5-35,38-40H2,1-4H3,(H,60,61)(H,62,63)(H2,52,53,59)/t43-,44-,48+,49?,50-/m1/s1. The molecule has 1 fully saturated rings. The number of aromatic nitrogens is 2. The van der Waals surface area contributed by atoms with Gasteiger partial charge in [-0.25, -0.2) is 13.9 Å². The number of hydrogen-bond acceptors (Lipinski definition) is 15. The van der Waals surface area contributed by atoms with Gasteiger partial charge in [0.15, 0.2) is 12.3 Å². The van der Waals surface area contributed by atoms with Crippen molar-refractivity contribution in [2.75, 3.05) is 25.6 Å². The number of unbranched alkanes of at least 4 members (excludes halogenated alkanes) is 25. The fourth-order valence-electron chi connectivity index (χ4n) is 8.57. The van der Waals surface area contributed by atoms with Gasteiger partial charge < -0.3 is 39.9 Å². The molecule has 1 aliphatic heterocycles. The molecular formula is C51H95N3O15P2. The van der Waals surface area contributed by atoms with Crippen LogP contribution in [0.4, 0.5) is 5.82 Å². The Bertz CT molecular complexity index is 1720. The number of hydrogen-bond donors (Lipinski definition) is 5. The molecule has 0 radical (unpaired) electrons. The molecule has 2 heterocycles. The lowest BCUT2D eigenvalue weighted by Crippen LogP contribution is -2.36. The van der Waals surface area contributed by atoms with Crippen LogP contribution in [0.5, 0.6) is 0 Å². The van der Waals surface area contributed by atoms with Crippen molar-refractivity contribution in [3.05, 3.63) is 22.7 Å². The second-order valence-electron chi connectivity index (χ2n) is 20.4. The van der Waals surface area contributed by atoms with Crippen LogP contribution in [-0.4, -0.2) is 85.7 Å². The predicted octanol–water partition coefficient (Wildman–Crippen LogP) is 11.6. The molecule has 71 heavy (non-hydrogen) atoms. The number of carbonyl (C=O) groups excluding carboxylic acids is 2. The maximum Gasteiger partial charge on any atom is 0.481 e. The maximum atomic E-state index is 12.9. The molecule has 18 nitrogen and oxygen atoms in total. The molecule has 0 spiro atoms. The Morgan fingerprint density at radius 1 is 0.634 bits per heavy atom. The number of ether oxygens (including phenoxy) is 3. The first-order valence-electron chi connectivity index (χ1n) is 27.3. The Morgan fingerprint density at radius 3 is 1.48 bits per heavy atom. The largest absolute Gasteiger partial charge is 0.481 e. The van der Waals surface area contributed by atoms with E-state index in [4.69, 9.17) is 29.0 Å². The van der Waals surface area contributed by atoms with E-state index in [1.165, 1.54) is 134 Å². The fraction of sp³-hybridized carbons (Fsp3) is 0.882. The van der Waals surface area contributed by atoms with Crippen LogP contribution in [0.15, 0.2) is 17.1 Å². The van der Waals surface area contributed by atoms with Crippen LogP contribution in [0.1, 0.15) is 233 Å². The van der Waals surface area contributed by atoms with E-state index in [1.54, 1.807) is 0 Å². The number of aliphatic hydroxyl groups excluding tert-OH is 2. The molecule has 20 heteroatoms. The SMILES string of the molecule is CC(C)CCCCCCCCCCCCCCCCCCCCC(=O)O[C@H](COC(=O)CCCCCCCCCCCC(C)C)COP(=O)(O)OP(=O)(O)OC[C@H]1O[C@@H](n2ccc(N)nc2=O)C(O)[C@H]1O. The van der Waals surface area contributed by atoms with Crippen LogP contribution in [0, 0.1) is 11.8 Å². The lowest BCUT2D eigenvalue weighted by atomic mass is 10.0. The Morgan fingerprint density at radius 2 is 1.04 bits per heavy atom. The minimum Gasteiger partial charge on any atom is -0.462 e. The lowest BCUT2D eigenvalue weighted by molar-refractivity contribution is -0.161. The highest BCUT2D eigenvalue weighted by molar-refractivity contribution is 7.61. The van der Waals surface area contributed by atoms with Crippen molar-refractivity contribution < 1.29 is 66.3 Å². The maximum absolute atomic E-state index is 12.9. The number of nitrogens with two attached hydrogens (primary N) is 1. The number of carbonyl (C=O) groups is 2. The normalized spacial score (nSPS) is 19.2. The Hall–Kier alpha value is -2.24. The van der Waals surface area contributed by atoms with E-state index in [0.717, 1.165) is 67.8 Å². The van der Waals surface area contributed by atoms with Crippen LogP contribution in [-0.2, 0) is 46.3 Å².